The average Bonchev–Trinajstić information content (AvgIpc) is 2.90. The van der Waals surface area contributed by atoms with E-state index in [1.54, 1.807) is 0 Å². The van der Waals surface area contributed by atoms with E-state index in [-0.39, 0.29) is 11.4 Å². The van der Waals surface area contributed by atoms with Crippen LogP contribution in [0.25, 0.3) is 10.9 Å². The van der Waals surface area contributed by atoms with E-state index >= 15 is 0 Å². The minimum atomic E-state index is -0.288. The maximum Gasteiger partial charge on any atom is 0.260 e. The molecule has 4 nitrogen and oxygen atoms in total. The zero-order valence-corrected chi connectivity index (χ0v) is 14.8. The maximum atomic E-state index is 13.3. The van der Waals surface area contributed by atoms with Gasteiger partial charge in [0.05, 0.1) is 11.1 Å². The summed E-state index contributed by atoms with van der Waals surface area (Å²) in [6.07, 6.45) is 1.81. The molecule has 3 heterocycles. The van der Waals surface area contributed by atoms with Gasteiger partial charge in [0.15, 0.2) is 0 Å². The van der Waals surface area contributed by atoms with Crippen molar-refractivity contribution in [1.82, 2.24) is 10.3 Å². The van der Waals surface area contributed by atoms with E-state index in [1.165, 1.54) is 5.56 Å². The normalized spacial score (nSPS) is 18.5. The number of pyridine rings is 1. The second-order valence-corrected chi connectivity index (χ2v) is 7.33. The summed E-state index contributed by atoms with van der Waals surface area (Å²) in [5.41, 5.74) is 3.80. The third-order valence-corrected chi connectivity index (χ3v) is 5.78. The first-order chi connectivity index (χ1) is 12.7. The largest absolute Gasteiger partial charge is 0.317 e. The molecule has 26 heavy (non-hydrogen) atoms. The summed E-state index contributed by atoms with van der Waals surface area (Å²) in [5.74, 6) is 0.827. The van der Waals surface area contributed by atoms with E-state index in [9.17, 15) is 4.79 Å². The number of amides is 1. The first kappa shape index (κ1) is 15.5. The Hall–Kier alpha value is -2.72. The highest BCUT2D eigenvalue weighted by Gasteiger charge is 2.51. The van der Waals surface area contributed by atoms with Crippen LogP contribution in [0.15, 0.2) is 54.6 Å². The van der Waals surface area contributed by atoms with Crippen molar-refractivity contribution in [1.29, 1.82) is 0 Å². The van der Waals surface area contributed by atoms with Gasteiger partial charge in [-0.05, 0) is 68.2 Å². The molecule has 2 aliphatic rings. The monoisotopic (exact) mass is 343 g/mol. The molecule has 0 aliphatic carbocycles. The van der Waals surface area contributed by atoms with Crippen LogP contribution in [0.1, 0.15) is 34.3 Å². The van der Waals surface area contributed by atoms with Gasteiger partial charge in [0.1, 0.15) is 5.82 Å². The summed E-state index contributed by atoms with van der Waals surface area (Å²) in [7, 11) is 0. The van der Waals surface area contributed by atoms with Gasteiger partial charge in [-0.15, -0.1) is 0 Å². The predicted molar refractivity (Wildman–Crippen MR) is 104 cm³/mol. The van der Waals surface area contributed by atoms with E-state index in [0.717, 1.165) is 53.8 Å². The molecular weight excluding hydrogens is 322 g/mol. The summed E-state index contributed by atoms with van der Waals surface area (Å²) >= 11 is 0. The van der Waals surface area contributed by atoms with Crippen molar-refractivity contribution in [2.75, 3.05) is 18.0 Å². The number of benzene rings is 2. The van der Waals surface area contributed by atoms with Crippen LogP contribution in [0, 0.1) is 6.92 Å². The van der Waals surface area contributed by atoms with Crippen LogP contribution in [-0.4, -0.2) is 24.0 Å². The molecule has 0 saturated carbocycles. The zero-order chi connectivity index (χ0) is 17.7. The number of nitrogens with one attached hydrogen (secondary N) is 1. The van der Waals surface area contributed by atoms with Gasteiger partial charge in [-0.2, -0.15) is 0 Å². The number of aryl methyl sites for hydroxylation is 1. The van der Waals surface area contributed by atoms with Crippen molar-refractivity contribution in [2.45, 2.75) is 25.3 Å². The lowest BCUT2D eigenvalue weighted by Crippen LogP contribution is -2.51. The second-order valence-electron chi connectivity index (χ2n) is 7.33. The van der Waals surface area contributed by atoms with Crippen LogP contribution in [0.5, 0.6) is 0 Å². The van der Waals surface area contributed by atoms with Crippen molar-refractivity contribution in [3.8, 4) is 0 Å². The summed E-state index contributed by atoms with van der Waals surface area (Å²) in [6, 6.07) is 18.4. The molecule has 1 N–H and O–H groups in total. The van der Waals surface area contributed by atoms with Crippen LogP contribution in [0.4, 0.5) is 5.82 Å². The van der Waals surface area contributed by atoms with Gasteiger partial charge in [-0.3, -0.25) is 9.69 Å². The third-order valence-electron chi connectivity index (χ3n) is 5.78. The number of hydrogen-bond acceptors (Lipinski definition) is 3. The molecule has 0 bridgehead atoms. The second kappa shape index (κ2) is 5.64. The lowest BCUT2D eigenvalue weighted by atomic mass is 9.81. The summed E-state index contributed by atoms with van der Waals surface area (Å²) in [5, 5.41) is 4.53. The standard InChI is InChI=1S/C22H21N3O/c1-15-6-7-16-8-9-20(24-19(16)14-15)25-21(26)17-4-2-3-5-18(17)22(25)10-12-23-13-11-22/h2-9,14,23H,10-13H2,1H3. The summed E-state index contributed by atoms with van der Waals surface area (Å²) in [4.78, 5) is 20.2. The number of piperidine rings is 1. The Morgan fingerprint density at radius 2 is 1.81 bits per heavy atom. The minimum absolute atomic E-state index is 0.0713. The molecule has 0 radical (unpaired) electrons. The molecule has 1 aromatic heterocycles. The topological polar surface area (TPSA) is 45.2 Å². The Morgan fingerprint density at radius 3 is 2.65 bits per heavy atom. The van der Waals surface area contributed by atoms with Crippen molar-refractivity contribution in [3.05, 3.63) is 71.3 Å². The summed E-state index contributed by atoms with van der Waals surface area (Å²) < 4.78 is 0. The molecule has 0 unspecified atom stereocenters. The van der Waals surface area contributed by atoms with E-state index in [0.29, 0.717) is 0 Å². The number of rotatable bonds is 1. The number of fused-ring (bicyclic) bond motifs is 3. The quantitative estimate of drug-likeness (QED) is 0.731. The maximum absolute atomic E-state index is 13.3. The minimum Gasteiger partial charge on any atom is -0.317 e. The van der Waals surface area contributed by atoms with E-state index in [2.05, 4.69) is 42.6 Å². The highest BCUT2D eigenvalue weighted by molar-refractivity contribution is 6.12. The fourth-order valence-corrected chi connectivity index (χ4v) is 4.51. The van der Waals surface area contributed by atoms with Crippen molar-refractivity contribution in [2.24, 2.45) is 0 Å². The van der Waals surface area contributed by atoms with Crippen molar-refractivity contribution in [3.63, 3.8) is 0 Å². The SMILES string of the molecule is Cc1ccc2ccc(N3C(=O)c4ccccc4C34CCNCC4)nc2c1. The molecule has 1 fully saturated rings. The Balaban J connectivity index is 1.71. The van der Waals surface area contributed by atoms with Crippen LogP contribution >= 0.6 is 0 Å². The van der Waals surface area contributed by atoms with Gasteiger partial charge in [-0.25, -0.2) is 4.98 Å². The molecule has 0 atom stereocenters. The highest BCUT2D eigenvalue weighted by Crippen LogP contribution is 2.47. The van der Waals surface area contributed by atoms with Crippen molar-refractivity contribution < 1.29 is 4.79 Å². The van der Waals surface area contributed by atoms with E-state index in [4.69, 9.17) is 4.98 Å². The van der Waals surface area contributed by atoms with Crippen LogP contribution < -0.4 is 10.2 Å². The Kier molecular flexibility index (Phi) is 3.37. The molecule has 2 aliphatic heterocycles. The first-order valence-corrected chi connectivity index (χ1v) is 9.21. The fourth-order valence-electron chi connectivity index (χ4n) is 4.51. The smallest absolute Gasteiger partial charge is 0.260 e. The third kappa shape index (κ3) is 2.12. The van der Waals surface area contributed by atoms with Gasteiger partial charge in [0.2, 0.25) is 0 Å². The molecule has 1 amide bonds. The molecule has 1 saturated heterocycles. The lowest BCUT2D eigenvalue weighted by molar-refractivity contribution is 0.0967. The van der Waals surface area contributed by atoms with Gasteiger partial charge in [0, 0.05) is 10.9 Å². The molecule has 130 valence electrons. The number of aromatic nitrogens is 1. The lowest BCUT2D eigenvalue weighted by Gasteiger charge is -2.41. The van der Waals surface area contributed by atoms with E-state index < -0.39 is 0 Å². The van der Waals surface area contributed by atoms with E-state index in [1.807, 2.05) is 29.2 Å². The fraction of sp³-hybridized carbons (Fsp3) is 0.273. The van der Waals surface area contributed by atoms with Crippen LogP contribution in [-0.2, 0) is 5.54 Å². The number of anilines is 1. The van der Waals surface area contributed by atoms with Gasteiger partial charge in [-0.1, -0.05) is 30.3 Å². The molecule has 4 heteroatoms. The summed E-state index contributed by atoms with van der Waals surface area (Å²) in [6.45, 7) is 3.88. The molecular formula is C22H21N3O. The number of carbonyl (C=O) groups excluding carboxylic acids is 1. The van der Waals surface area contributed by atoms with Gasteiger partial charge < -0.3 is 5.32 Å². The predicted octanol–water partition coefficient (Wildman–Crippen LogP) is 3.78. The van der Waals surface area contributed by atoms with Crippen LogP contribution in [0.2, 0.25) is 0 Å². The zero-order valence-electron chi connectivity index (χ0n) is 14.8. The molecule has 3 aromatic rings. The molecule has 2 aromatic carbocycles. The first-order valence-electron chi connectivity index (χ1n) is 9.21. The number of carbonyl (C=O) groups is 1. The van der Waals surface area contributed by atoms with Crippen LogP contribution in [0.3, 0.4) is 0 Å². The molecule has 5 rings (SSSR count). The Bertz CT molecular complexity index is 1020. The number of nitrogens with zero attached hydrogens (tertiary/aromatic N) is 2. The van der Waals surface area contributed by atoms with Gasteiger partial charge in [0.25, 0.3) is 5.91 Å². The Labute approximate surface area is 152 Å². The Morgan fingerprint density at radius 1 is 1.04 bits per heavy atom. The molecule has 1 spiro atoms. The van der Waals surface area contributed by atoms with Crippen molar-refractivity contribution >= 4 is 22.6 Å². The average molecular weight is 343 g/mol. The van der Waals surface area contributed by atoms with Gasteiger partial charge >= 0.3 is 0 Å². The number of hydrogen-bond donors (Lipinski definition) is 1. The highest BCUT2D eigenvalue weighted by atomic mass is 16.2.